The minimum Gasteiger partial charge on any atom is -0.394 e. The van der Waals surface area contributed by atoms with Gasteiger partial charge in [0.2, 0.25) is 0 Å². The van der Waals surface area contributed by atoms with Crippen molar-refractivity contribution in [2.24, 2.45) is 0 Å². The van der Waals surface area contributed by atoms with Crippen molar-refractivity contribution in [1.29, 1.82) is 0 Å². The van der Waals surface area contributed by atoms with E-state index in [2.05, 4.69) is 33.4 Å². The molecule has 0 heterocycles. The van der Waals surface area contributed by atoms with E-state index in [1.807, 2.05) is 43.6 Å². The van der Waals surface area contributed by atoms with Gasteiger partial charge in [-0.1, -0.05) is 40.2 Å². The number of hydrogen-bond donors (Lipinski definition) is 1. The summed E-state index contributed by atoms with van der Waals surface area (Å²) in [6.45, 7) is 1.28. The summed E-state index contributed by atoms with van der Waals surface area (Å²) in [5.74, 6) is 0. The van der Waals surface area contributed by atoms with Crippen LogP contribution in [0.25, 0.3) is 0 Å². The number of halogens is 1. The molecule has 0 aliphatic heterocycles. The molecular weight excluding hydrogens is 266 g/mol. The molecule has 0 aromatic heterocycles. The zero-order chi connectivity index (χ0) is 11.6. The smallest absolute Gasteiger partial charge is 0.0721 e. The molecule has 0 aliphatic carbocycles. The lowest BCUT2D eigenvalue weighted by Gasteiger charge is -2.01. The van der Waals surface area contributed by atoms with E-state index < -0.39 is 0 Å². The summed E-state index contributed by atoms with van der Waals surface area (Å²) in [5, 5.41) is 2.91. The molecule has 86 valence electrons. The van der Waals surface area contributed by atoms with Crippen LogP contribution < -0.4 is 5.32 Å². The van der Waals surface area contributed by atoms with Crippen LogP contribution in [0.3, 0.4) is 0 Å². The molecule has 0 saturated heterocycles. The van der Waals surface area contributed by atoms with Crippen LogP contribution in [0.5, 0.6) is 0 Å². The van der Waals surface area contributed by atoms with E-state index in [1.165, 1.54) is 5.56 Å². The Hall–Kier alpha value is -1.06. The van der Waals surface area contributed by atoms with Crippen molar-refractivity contribution in [3.05, 3.63) is 58.7 Å². The number of allylic oxidation sites excluding steroid dienone is 2. The Morgan fingerprint density at radius 2 is 2.00 bits per heavy atom. The van der Waals surface area contributed by atoms with Gasteiger partial charge in [-0.25, -0.2) is 0 Å². The van der Waals surface area contributed by atoms with Gasteiger partial charge in [0.05, 0.1) is 13.2 Å². The van der Waals surface area contributed by atoms with E-state index in [4.69, 9.17) is 4.74 Å². The fourth-order valence-electron chi connectivity index (χ4n) is 1.11. The fourth-order valence-corrected chi connectivity index (χ4v) is 1.38. The molecule has 0 bridgehead atoms. The zero-order valence-corrected chi connectivity index (χ0v) is 10.9. The highest BCUT2D eigenvalue weighted by Gasteiger charge is 1.91. The first-order chi connectivity index (χ1) is 7.83. The molecule has 3 heteroatoms. The number of rotatable bonds is 6. The van der Waals surface area contributed by atoms with Crippen LogP contribution in [0, 0.1) is 0 Å². The summed E-state index contributed by atoms with van der Waals surface area (Å²) in [6, 6.07) is 8.14. The summed E-state index contributed by atoms with van der Waals surface area (Å²) >= 11 is 3.40. The minimum absolute atomic E-state index is 0.629. The summed E-state index contributed by atoms with van der Waals surface area (Å²) in [4.78, 5) is 0. The summed E-state index contributed by atoms with van der Waals surface area (Å²) in [6.07, 6.45) is 7.74. The van der Waals surface area contributed by atoms with Crippen molar-refractivity contribution < 1.29 is 4.74 Å². The number of ether oxygens (including phenoxy) is 1. The second kappa shape index (κ2) is 8.13. The molecule has 0 radical (unpaired) electrons. The van der Waals surface area contributed by atoms with Gasteiger partial charge in [0.25, 0.3) is 0 Å². The standard InChI is InChI=1S/C13H16BrNO/c1-15-9-3-2-4-10-16-11-12-5-7-13(14)8-6-12/h2-9,15H,10-11H2,1H3/b4-2-,9-3-. The second-order valence-corrected chi connectivity index (χ2v) is 4.13. The number of hydrogen-bond acceptors (Lipinski definition) is 2. The summed E-state index contributed by atoms with van der Waals surface area (Å²) in [5.41, 5.74) is 1.18. The zero-order valence-electron chi connectivity index (χ0n) is 9.32. The molecule has 0 spiro atoms. The molecular formula is C13H16BrNO. The molecule has 0 atom stereocenters. The van der Waals surface area contributed by atoms with Crippen molar-refractivity contribution in [2.45, 2.75) is 6.61 Å². The summed E-state index contributed by atoms with van der Waals surface area (Å²) in [7, 11) is 1.87. The molecule has 0 aliphatic rings. The van der Waals surface area contributed by atoms with Crippen LogP contribution in [0.4, 0.5) is 0 Å². The highest BCUT2D eigenvalue weighted by molar-refractivity contribution is 9.10. The van der Waals surface area contributed by atoms with Crippen molar-refractivity contribution >= 4 is 15.9 Å². The molecule has 0 unspecified atom stereocenters. The van der Waals surface area contributed by atoms with E-state index in [9.17, 15) is 0 Å². The number of benzene rings is 1. The highest BCUT2D eigenvalue weighted by Crippen LogP contribution is 2.10. The molecule has 0 saturated carbocycles. The Morgan fingerprint density at radius 1 is 1.25 bits per heavy atom. The monoisotopic (exact) mass is 281 g/mol. The Balaban J connectivity index is 2.18. The van der Waals surface area contributed by atoms with Gasteiger partial charge < -0.3 is 10.1 Å². The van der Waals surface area contributed by atoms with Crippen molar-refractivity contribution in [1.82, 2.24) is 5.32 Å². The topological polar surface area (TPSA) is 21.3 Å². The van der Waals surface area contributed by atoms with Gasteiger partial charge in [-0.05, 0) is 30.0 Å². The van der Waals surface area contributed by atoms with Crippen LogP contribution in [0.1, 0.15) is 5.56 Å². The quantitative estimate of drug-likeness (QED) is 0.638. The molecule has 1 aromatic rings. The van der Waals surface area contributed by atoms with E-state index in [0.29, 0.717) is 13.2 Å². The molecule has 1 N–H and O–H groups in total. The Kier molecular flexibility index (Phi) is 6.61. The first-order valence-electron chi connectivity index (χ1n) is 5.14. The van der Waals surface area contributed by atoms with E-state index in [-0.39, 0.29) is 0 Å². The first kappa shape index (κ1) is 13.0. The van der Waals surface area contributed by atoms with Crippen LogP contribution in [-0.4, -0.2) is 13.7 Å². The highest BCUT2D eigenvalue weighted by atomic mass is 79.9. The van der Waals surface area contributed by atoms with Crippen LogP contribution in [-0.2, 0) is 11.3 Å². The first-order valence-corrected chi connectivity index (χ1v) is 5.93. The third-order valence-corrected chi connectivity index (χ3v) is 2.43. The van der Waals surface area contributed by atoms with Gasteiger partial charge in [0, 0.05) is 11.5 Å². The van der Waals surface area contributed by atoms with Gasteiger partial charge in [-0.2, -0.15) is 0 Å². The van der Waals surface area contributed by atoms with Crippen molar-refractivity contribution in [3.8, 4) is 0 Å². The molecule has 2 nitrogen and oxygen atoms in total. The Morgan fingerprint density at radius 3 is 2.69 bits per heavy atom. The third-order valence-electron chi connectivity index (χ3n) is 1.91. The maximum absolute atomic E-state index is 5.48. The van der Waals surface area contributed by atoms with Gasteiger partial charge in [0.15, 0.2) is 0 Å². The number of nitrogens with one attached hydrogen (secondary N) is 1. The second-order valence-electron chi connectivity index (χ2n) is 3.22. The maximum atomic E-state index is 5.48. The predicted octanol–water partition coefficient (Wildman–Crippen LogP) is 3.26. The molecule has 1 aromatic carbocycles. The SMILES string of the molecule is CN/C=C\C=C/COCc1ccc(Br)cc1. The average molecular weight is 282 g/mol. The lowest BCUT2D eigenvalue weighted by Crippen LogP contribution is -1.92. The largest absolute Gasteiger partial charge is 0.394 e. The van der Waals surface area contributed by atoms with E-state index >= 15 is 0 Å². The lowest BCUT2D eigenvalue weighted by atomic mass is 10.2. The Bertz CT molecular complexity index is 343. The van der Waals surface area contributed by atoms with Gasteiger partial charge in [-0.15, -0.1) is 0 Å². The van der Waals surface area contributed by atoms with Gasteiger partial charge in [-0.3, -0.25) is 0 Å². The predicted molar refractivity (Wildman–Crippen MR) is 71.1 cm³/mol. The lowest BCUT2D eigenvalue weighted by molar-refractivity contribution is 0.148. The van der Waals surface area contributed by atoms with Crippen LogP contribution in [0.15, 0.2) is 53.2 Å². The average Bonchev–Trinajstić information content (AvgIpc) is 2.30. The Labute approximate surface area is 105 Å². The normalized spacial score (nSPS) is 11.4. The molecule has 0 amide bonds. The third kappa shape index (κ3) is 5.73. The molecule has 1 rings (SSSR count). The van der Waals surface area contributed by atoms with E-state index in [1.54, 1.807) is 0 Å². The van der Waals surface area contributed by atoms with E-state index in [0.717, 1.165) is 4.47 Å². The minimum atomic E-state index is 0.629. The van der Waals surface area contributed by atoms with Crippen LogP contribution >= 0.6 is 15.9 Å². The summed E-state index contributed by atoms with van der Waals surface area (Å²) < 4.78 is 6.57. The van der Waals surface area contributed by atoms with Crippen LogP contribution in [0.2, 0.25) is 0 Å². The fraction of sp³-hybridized carbons (Fsp3) is 0.231. The van der Waals surface area contributed by atoms with Gasteiger partial charge >= 0.3 is 0 Å². The molecule has 16 heavy (non-hydrogen) atoms. The molecule has 0 fully saturated rings. The maximum Gasteiger partial charge on any atom is 0.0721 e. The van der Waals surface area contributed by atoms with Gasteiger partial charge in [0.1, 0.15) is 0 Å². The van der Waals surface area contributed by atoms with Crippen molar-refractivity contribution in [2.75, 3.05) is 13.7 Å². The van der Waals surface area contributed by atoms with Crippen molar-refractivity contribution in [3.63, 3.8) is 0 Å².